The van der Waals surface area contributed by atoms with Crippen LogP contribution in [0.25, 0.3) is 22.1 Å². The fourth-order valence-corrected chi connectivity index (χ4v) is 3.14. The first-order valence-electron chi connectivity index (χ1n) is 8.94. The minimum absolute atomic E-state index is 0.367. The third-order valence-electron chi connectivity index (χ3n) is 4.66. The number of hydrogen-bond acceptors (Lipinski definition) is 7. The highest BCUT2D eigenvalue weighted by Gasteiger charge is 2.20. The Balaban J connectivity index is 2.17. The van der Waals surface area contributed by atoms with Gasteiger partial charge in [0.05, 0.1) is 26.9 Å². The van der Waals surface area contributed by atoms with Gasteiger partial charge in [-0.15, -0.1) is 0 Å². The monoisotopic (exact) mass is 398 g/mol. The van der Waals surface area contributed by atoms with Crippen LogP contribution in [0.1, 0.15) is 12.5 Å². The maximum absolute atomic E-state index is 12.8. The summed E-state index contributed by atoms with van der Waals surface area (Å²) in [6.45, 7) is 3.42. The van der Waals surface area contributed by atoms with E-state index in [4.69, 9.17) is 18.6 Å². The van der Waals surface area contributed by atoms with Gasteiger partial charge >= 0.3 is 11.6 Å². The number of carbonyl (C=O) groups excluding carboxylic acids is 1. The van der Waals surface area contributed by atoms with E-state index in [9.17, 15) is 9.59 Å². The number of rotatable bonds is 6. The first-order chi connectivity index (χ1) is 13.9. The van der Waals surface area contributed by atoms with Gasteiger partial charge in [0.2, 0.25) is 0 Å². The summed E-state index contributed by atoms with van der Waals surface area (Å²) >= 11 is 0. The van der Waals surface area contributed by atoms with Crippen molar-refractivity contribution in [1.82, 2.24) is 0 Å². The minimum Gasteiger partial charge on any atom is -0.497 e. The molecule has 0 saturated carbocycles. The van der Waals surface area contributed by atoms with Crippen molar-refractivity contribution in [3.05, 3.63) is 52.4 Å². The highest BCUT2D eigenvalue weighted by molar-refractivity contribution is 5.89. The molecule has 1 aromatic heterocycles. The van der Waals surface area contributed by atoms with Gasteiger partial charge in [0.15, 0.2) is 6.10 Å². The molecular weight excluding hydrogens is 376 g/mol. The highest BCUT2D eigenvalue weighted by atomic mass is 16.6. The Morgan fingerprint density at radius 2 is 1.72 bits per heavy atom. The number of carbonyl (C=O) groups is 1. The van der Waals surface area contributed by atoms with Crippen LogP contribution < -0.4 is 19.8 Å². The van der Waals surface area contributed by atoms with Gasteiger partial charge in [-0.3, -0.25) is 0 Å². The molecule has 7 heteroatoms. The number of esters is 1. The smallest absolute Gasteiger partial charge is 0.346 e. The van der Waals surface area contributed by atoms with E-state index in [2.05, 4.69) is 4.74 Å². The van der Waals surface area contributed by atoms with Gasteiger partial charge in [-0.2, -0.15) is 0 Å². The van der Waals surface area contributed by atoms with E-state index in [1.807, 2.05) is 6.92 Å². The molecule has 29 heavy (non-hydrogen) atoms. The highest BCUT2D eigenvalue weighted by Crippen LogP contribution is 2.36. The molecule has 0 fully saturated rings. The lowest BCUT2D eigenvalue weighted by molar-refractivity contribution is -0.147. The van der Waals surface area contributed by atoms with Crippen LogP contribution >= 0.6 is 0 Å². The molecule has 0 amide bonds. The largest absolute Gasteiger partial charge is 0.497 e. The number of benzene rings is 2. The van der Waals surface area contributed by atoms with Gasteiger partial charge in [-0.25, -0.2) is 9.59 Å². The van der Waals surface area contributed by atoms with Crippen molar-refractivity contribution in [2.45, 2.75) is 20.0 Å². The van der Waals surface area contributed by atoms with Crippen LogP contribution in [0, 0.1) is 6.92 Å². The summed E-state index contributed by atoms with van der Waals surface area (Å²) in [5.74, 6) is 1.08. The summed E-state index contributed by atoms with van der Waals surface area (Å²) in [4.78, 5) is 24.4. The van der Waals surface area contributed by atoms with E-state index in [-0.39, 0.29) is 0 Å². The predicted molar refractivity (Wildman–Crippen MR) is 108 cm³/mol. The van der Waals surface area contributed by atoms with Crippen molar-refractivity contribution >= 4 is 16.9 Å². The van der Waals surface area contributed by atoms with Crippen LogP contribution in [0.2, 0.25) is 0 Å². The summed E-state index contributed by atoms with van der Waals surface area (Å²) in [5, 5.41) is 0.680. The fraction of sp³-hybridized carbons (Fsp3) is 0.273. The minimum atomic E-state index is -0.772. The maximum atomic E-state index is 12.8. The molecule has 0 aliphatic rings. The first-order valence-corrected chi connectivity index (χ1v) is 8.94. The quantitative estimate of drug-likeness (QED) is 0.462. The molecule has 7 nitrogen and oxygen atoms in total. The van der Waals surface area contributed by atoms with Gasteiger partial charge in [-0.05, 0) is 55.8 Å². The molecule has 0 spiro atoms. The third-order valence-corrected chi connectivity index (χ3v) is 4.66. The Morgan fingerprint density at radius 3 is 2.38 bits per heavy atom. The number of methoxy groups -OCH3 is 3. The molecule has 0 radical (unpaired) electrons. The van der Waals surface area contributed by atoms with E-state index >= 15 is 0 Å². The Kier molecular flexibility index (Phi) is 5.77. The normalized spacial score (nSPS) is 11.8. The third kappa shape index (κ3) is 3.89. The van der Waals surface area contributed by atoms with Gasteiger partial charge in [0.25, 0.3) is 0 Å². The standard InChI is InChI=1S/C22H22O7/c1-12-16-11-15(28-13(2)21(23)27-5)7-9-19(16)29-22(24)20(12)17-10-14(25-3)6-8-18(17)26-4/h6-11,13H,1-5H3. The Labute approximate surface area is 167 Å². The van der Waals surface area contributed by atoms with Crippen LogP contribution in [-0.4, -0.2) is 33.4 Å². The molecule has 0 aliphatic carbocycles. The van der Waals surface area contributed by atoms with Crippen LogP contribution in [0.3, 0.4) is 0 Å². The summed E-state index contributed by atoms with van der Waals surface area (Å²) in [7, 11) is 4.38. The molecule has 0 N–H and O–H groups in total. The lowest BCUT2D eigenvalue weighted by Gasteiger charge is -2.15. The van der Waals surface area contributed by atoms with Crippen molar-refractivity contribution in [2.75, 3.05) is 21.3 Å². The molecule has 3 rings (SSSR count). The fourth-order valence-electron chi connectivity index (χ4n) is 3.14. The van der Waals surface area contributed by atoms with Gasteiger partial charge in [0, 0.05) is 10.9 Å². The number of ether oxygens (including phenoxy) is 4. The zero-order valence-corrected chi connectivity index (χ0v) is 16.9. The number of aryl methyl sites for hydroxylation is 1. The molecule has 3 aromatic rings. The second-order valence-corrected chi connectivity index (χ2v) is 6.40. The van der Waals surface area contributed by atoms with Gasteiger partial charge in [0.1, 0.15) is 22.8 Å². The molecule has 152 valence electrons. The topological polar surface area (TPSA) is 84.2 Å². The molecule has 1 atom stereocenters. The second-order valence-electron chi connectivity index (χ2n) is 6.40. The summed E-state index contributed by atoms with van der Waals surface area (Å²) in [6.07, 6.45) is -0.772. The zero-order chi connectivity index (χ0) is 21.1. The van der Waals surface area contributed by atoms with Crippen LogP contribution in [0.5, 0.6) is 17.2 Å². The number of hydrogen-bond donors (Lipinski definition) is 0. The van der Waals surface area contributed by atoms with Crippen molar-refractivity contribution in [1.29, 1.82) is 0 Å². The Morgan fingerprint density at radius 1 is 1.00 bits per heavy atom. The molecule has 2 aromatic carbocycles. The van der Waals surface area contributed by atoms with Crippen LogP contribution in [0.15, 0.2) is 45.6 Å². The van der Waals surface area contributed by atoms with E-state index in [0.717, 1.165) is 0 Å². The lowest BCUT2D eigenvalue weighted by atomic mass is 9.98. The Hall–Kier alpha value is -3.48. The lowest BCUT2D eigenvalue weighted by Crippen LogP contribution is -2.24. The average molecular weight is 398 g/mol. The SMILES string of the molecule is COC(=O)C(C)Oc1ccc2oc(=O)c(-c3cc(OC)ccc3OC)c(C)c2c1. The zero-order valence-electron chi connectivity index (χ0n) is 16.9. The summed E-state index contributed by atoms with van der Waals surface area (Å²) in [6, 6.07) is 10.2. The Bertz CT molecular complexity index is 1110. The molecule has 0 saturated heterocycles. The van der Waals surface area contributed by atoms with E-state index in [0.29, 0.717) is 44.9 Å². The number of fused-ring (bicyclic) bond motifs is 1. The summed E-state index contributed by atoms with van der Waals surface area (Å²) < 4.78 is 26.6. The maximum Gasteiger partial charge on any atom is 0.346 e. The molecular formula is C22H22O7. The van der Waals surface area contributed by atoms with Crippen LogP contribution in [-0.2, 0) is 9.53 Å². The van der Waals surface area contributed by atoms with E-state index < -0.39 is 17.7 Å². The van der Waals surface area contributed by atoms with E-state index in [1.165, 1.54) is 14.2 Å². The van der Waals surface area contributed by atoms with Crippen molar-refractivity contribution in [3.8, 4) is 28.4 Å². The predicted octanol–water partition coefficient (Wildman–Crippen LogP) is 3.73. The summed E-state index contributed by atoms with van der Waals surface area (Å²) in [5.41, 5.74) is 1.55. The van der Waals surface area contributed by atoms with Crippen molar-refractivity contribution in [3.63, 3.8) is 0 Å². The first kappa shape index (κ1) is 20.3. The molecule has 0 aliphatic heterocycles. The molecule has 1 heterocycles. The van der Waals surface area contributed by atoms with Crippen molar-refractivity contribution in [2.24, 2.45) is 0 Å². The molecule has 0 bridgehead atoms. The van der Waals surface area contributed by atoms with Gasteiger partial charge in [-0.1, -0.05) is 0 Å². The molecule has 1 unspecified atom stereocenters. The van der Waals surface area contributed by atoms with Crippen molar-refractivity contribution < 1.29 is 28.2 Å². The van der Waals surface area contributed by atoms with Gasteiger partial charge < -0.3 is 23.4 Å². The van der Waals surface area contributed by atoms with Crippen LogP contribution in [0.4, 0.5) is 0 Å². The average Bonchev–Trinajstić information content (AvgIpc) is 2.73. The van der Waals surface area contributed by atoms with E-state index in [1.54, 1.807) is 50.4 Å². The second kappa shape index (κ2) is 8.26.